The normalized spacial score (nSPS) is 13.9. The first-order valence-electron chi connectivity index (χ1n) is 5.29. The highest BCUT2D eigenvalue weighted by molar-refractivity contribution is 5.42. The molecular formula is C12H14N2O. The SMILES string of the molecule is Cc1ccc(Cc2[nH]cc3c2OCC3)[nH]1. The van der Waals surface area contributed by atoms with Gasteiger partial charge in [0.1, 0.15) is 5.75 Å². The molecule has 3 heteroatoms. The van der Waals surface area contributed by atoms with Crippen LogP contribution in [-0.4, -0.2) is 16.6 Å². The lowest BCUT2D eigenvalue weighted by atomic mass is 10.2. The van der Waals surface area contributed by atoms with Crippen LogP contribution in [0.1, 0.15) is 22.6 Å². The van der Waals surface area contributed by atoms with Crippen LogP contribution in [0.3, 0.4) is 0 Å². The van der Waals surface area contributed by atoms with Crippen LogP contribution >= 0.6 is 0 Å². The minimum Gasteiger partial charge on any atom is -0.491 e. The molecule has 0 bridgehead atoms. The highest BCUT2D eigenvalue weighted by Crippen LogP contribution is 2.30. The van der Waals surface area contributed by atoms with Gasteiger partial charge in [-0.3, -0.25) is 0 Å². The van der Waals surface area contributed by atoms with Crippen molar-refractivity contribution in [3.63, 3.8) is 0 Å². The second-order valence-electron chi connectivity index (χ2n) is 4.06. The van der Waals surface area contributed by atoms with E-state index in [0.717, 1.165) is 25.2 Å². The van der Waals surface area contributed by atoms with Crippen LogP contribution in [0, 0.1) is 6.92 Å². The second kappa shape index (κ2) is 3.19. The Morgan fingerprint density at radius 3 is 3.13 bits per heavy atom. The maximum atomic E-state index is 5.60. The Labute approximate surface area is 88.5 Å². The fourth-order valence-electron chi connectivity index (χ4n) is 2.11. The molecule has 3 nitrogen and oxygen atoms in total. The summed E-state index contributed by atoms with van der Waals surface area (Å²) in [5.74, 6) is 1.07. The number of nitrogens with one attached hydrogen (secondary N) is 2. The molecule has 0 fully saturated rings. The van der Waals surface area contributed by atoms with Gasteiger partial charge in [-0.2, -0.15) is 0 Å². The average molecular weight is 202 g/mol. The van der Waals surface area contributed by atoms with E-state index in [2.05, 4.69) is 35.2 Å². The number of ether oxygens (including phenoxy) is 1. The summed E-state index contributed by atoms with van der Waals surface area (Å²) in [7, 11) is 0. The molecule has 1 aliphatic heterocycles. The molecule has 3 rings (SSSR count). The molecule has 0 radical (unpaired) electrons. The molecule has 0 amide bonds. The van der Waals surface area contributed by atoms with Crippen LogP contribution in [0.15, 0.2) is 18.3 Å². The Balaban J connectivity index is 1.88. The summed E-state index contributed by atoms with van der Waals surface area (Å²) in [6.07, 6.45) is 3.99. The fraction of sp³-hybridized carbons (Fsp3) is 0.333. The van der Waals surface area contributed by atoms with Crippen LogP contribution in [0.4, 0.5) is 0 Å². The van der Waals surface area contributed by atoms with Crippen LogP contribution in [0.2, 0.25) is 0 Å². The van der Waals surface area contributed by atoms with Crippen molar-refractivity contribution in [2.45, 2.75) is 19.8 Å². The van der Waals surface area contributed by atoms with Crippen molar-refractivity contribution in [3.05, 3.63) is 41.0 Å². The molecule has 78 valence electrons. The zero-order chi connectivity index (χ0) is 10.3. The predicted molar refractivity (Wildman–Crippen MR) is 58.3 cm³/mol. The molecule has 3 heterocycles. The summed E-state index contributed by atoms with van der Waals surface area (Å²) in [6, 6.07) is 4.22. The van der Waals surface area contributed by atoms with E-state index in [4.69, 9.17) is 4.74 Å². The zero-order valence-electron chi connectivity index (χ0n) is 8.76. The molecule has 0 spiro atoms. The molecular weight excluding hydrogens is 188 g/mol. The molecule has 15 heavy (non-hydrogen) atoms. The maximum absolute atomic E-state index is 5.60. The molecule has 0 atom stereocenters. The summed E-state index contributed by atoms with van der Waals surface area (Å²) in [5, 5.41) is 0. The first-order chi connectivity index (χ1) is 7.33. The van der Waals surface area contributed by atoms with Gasteiger partial charge in [0.25, 0.3) is 0 Å². The van der Waals surface area contributed by atoms with Gasteiger partial charge < -0.3 is 14.7 Å². The van der Waals surface area contributed by atoms with Gasteiger partial charge in [0.15, 0.2) is 0 Å². The predicted octanol–water partition coefficient (Wildman–Crippen LogP) is 2.18. The number of fused-ring (bicyclic) bond motifs is 1. The van der Waals surface area contributed by atoms with E-state index in [9.17, 15) is 0 Å². The Morgan fingerprint density at radius 1 is 1.40 bits per heavy atom. The third kappa shape index (κ3) is 1.44. The molecule has 0 saturated heterocycles. The number of aryl methyl sites for hydroxylation is 1. The molecule has 0 aromatic carbocycles. The molecule has 2 aromatic heterocycles. The molecule has 0 saturated carbocycles. The van der Waals surface area contributed by atoms with Gasteiger partial charge in [-0.05, 0) is 19.1 Å². The van der Waals surface area contributed by atoms with Crippen LogP contribution in [0.5, 0.6) is 5.75 Å². The van der Waals surface area contributed by atoms with Crippen LogP contribution < -0.4 is 4.74 Å². The minimum atomic E-state index is 0.829. The zero-order valence-corrected chi connectivity index (χ0v) is 8.76. The van der Waals surface area contributed by atoms with Crippen molar-refractivity contribution in [1.82, 2.24) is 9.97 Å². The van der Waals surface area contributed by atoms with Gasteiger partial charge in [0, 0.05) is 36.0 Å². The Hall–Kier alpha value is -1.64. The van der Waals surface area contributed by atoms with E-state index in [1.165, 1.54) is 22.6 Å². The summed E-state index contributed by atoms with van der Waals surface area (Å²) in [5.41, 5.74) is 4.93. The van der Waals surface area contributed by atoms with Crippen molar-refractivity contribution in [1.29, 1.82) is 0 Å². The third-order valence-corrected chi connectivity index (χ3v) is 2.86. The molecule has 2 aromatic rings. The summed E-state index contributed by atoms with van der Waals surface area (Å²) in [4.78, 5) is 6.62. The topological polar surface area (TPSA) is 40.8 Å². The van der Waals surface area contributed by atoms with Gasteiger partial charge in [0.05, 0.1) is 12.3 Å². The van der Waals surface area contributed by atoms with Crippen LogP contribution in [0.25, 0.3) is 0 Å². The largest absolute Gasteiger partial charge is 0.491 e. The average Bonchev–Trinajstić information content (AvgIpc) is 2.85. The smallest absolute Gasteiger partial charge is 0.143 e. The first-order valence-corrected chi connectivity index (χ1v) is 5.29. The lowest BCUT2D eigenvalue weighted by Crippen LogP contribution is -1.94. The highest BCUT2D eigenvalue weighted by atomic mass is 16.5. The second-order valence-corrected chi connectivity index (χ2v) is 4.06. The number of aromatic nitrogens is 2. The van der Waals surface area contributed by atoms with Crippen molar-refractivity contribution in [3.8, 4) is 5.75 Å². The van der Waals surface area contributed by atoms with Crippen LogP contribution in [-0.2, 0) is 12.8 Å². The van der Waals surface area contributed by atoms with Gasteiger partial charge >= 0.3 is 0 Å². The number of rotatable bonds is 2. The Bertz CT molecular complexity index is 482. The summed E-state index contributed by atoms with van der Waals surface area (Å²) < 4.78 is 5.60. The first kappa shape index (κ1) is 8.65. The fourth-order valence-corrected chi connectivity index (χ4v) is 2.11. The quantitative estimate of drug-likeness (QED) is 0.770. The van der Waals surface area contributed by atoms with E-state index in [1.54, 1.807) is 0 Å². The molecule has 2 N–H and O–H groups in total. The maximum Gasteiger partial charge on any atom is 0.143 e. The van der Waals surface area contributed by atoms with Gasteiger partial charge in [-0.25, -0.2) is 0 Å². The third-order valence-electron chi connectivity index (χ3n) is 2.86. The van der Waals surface area contributed by atoms with Gasteiger partial charge in [-0.15, -0.1) is 0 Å². The molecule has 0 aliphatic carbocycles. The van der Waals surface area contributed by atoms with Gasteiger partial charge in [-0.1, -0.05) is 0 Å². The van der Waals surface area contributed by atoms with Crippen molar-refractivity contribution >= 4 is 0 Å². The standard InChI is InChI=1S/C12H14N2O/c1-8-2-3-10(14-8)6-11-12-9(7-13-11)4-5-15-12/h2-3,7,13-14H,4-6H2,1H3. The van der Waals surface area contributed by atoms with E-state index in [0.29, 0.717) is 0 Å². The van der Waals surface area contributed by atoms with Gasteiger partial charge in [0.2, 0.25) is 0 Å². The van der Waals surface area contributed by atoms with E-state index in [1.807, 2.05) is 0 Å². The minimum absolute atomic E-state index is 0.829. The number of H-pyrrole nitrogens is 2. The van der Waals surface area contributed by atoms with Crippen molar-refractivity contribution in [2.24, 2.45) is 0 Å². The number of hydrogen-bond donors (Lipinski definition) is 2. The Morgan fingerprint density at radius 2 is 2.33 bits per heavy atom. The number of aromatic amines is 2. The lowest BCUT2D eigenvalue weighted by molar-refractivity contribution is 0.352. The van der Waals surface area contributed by atoms with Crippen molar-refractivity contribution in [2.75, 3.05) is 6.61 Å². The van der Waals surface area contributed by atoms with E-state index in [-0.39, 0.29) is 0 Å². The monoisotopic (exact) mass is 202 g/mol. The van der Waals surface area contributed by atoms with E-state index < -0.39 is 0 Å². The number of hydrogen-bond acceptors (Lipinski definition) is 1. The molecule has 0 unspecified atom stereocenters. The summed E-state index contributed by atoms with van der Waals surface area (Å²) >= 11 is 0. The lowest BCUT2D eigenvalue weighted by Gasteiger charge is -2.00. The van der Waals surface area contributed by atoms with E-state index >= 15 is 0 Å². The Kier molecular flexibility index (Phi) is 1.84. The molecule has 1 aliphatic rings. The highest BCUT2D eigenvalue weighted by Gasteiger charge is 2.18. The summed E-state index contributed by atoms with van der Waals surface area (Å²) in [6.45, 7) is 2.90. The van der Waals surface area contributed by atoms with Crippen molar-refractivity contribution < 1.29 is 4.74 Å².